The number of rotatable bonds is 2. The van der Waals surface area contributed by atoms with Crippen LogP contribution < -0.4 is 5.73 Å². The van der Waals surface area contributed by atoms with E-state index >= 15 is 0 Å². The Labute approximate surface area is 98.8 Å². The van der Waals surface area contributed by atoms with Crippen molar-refractivity contribution in [2.24, 2.45) is 5.73 Å². The third-order valence-corrected chi connectivity index (χ3v) is 3.27. The molecule has 17 heavy (non-hydrogen) atoms. The Morgan fingerprint density at radius 2 is 1.94 bits per heavy atom. The van der Waals surface area contributed by atoms with Crippen molar-refractivity contribution in [3.63, 3.8) is 0 Å². The number of Topliss-reactive ketones (excluding diaryl/α,β-unsaturated/α-hetero) is 1. The topological polar surface area (TPSA) is 60.2 Å². The molecule has 1 saturated carbocycles. The number of carbonyl (C=O) groups excluding carboxylic acids is 2. The van der Waals surface area contributed by atoms with Crippen molar-refractivity contribution in [3.8, 4) is 0 Å². The Morgan fingerprint density at radius 1 is 1.29 bits per heavy atom. The molecule has 3 nitrogen and oxygen atoms in total. The molecule has 0 aliphatic heterocycles. The fraction of sp³-hybridized carbons (Fsp3) is 0.385. The summed E-state index contributed by atoms with van der Waals surface area (Å²) >= 11 is 0. The van der Waals surface area contributed by atoms with E-state index in [4.69, 9.17) is 5.73 Å². The lowest BCUT2D eigenvalue weighted by Gasteiger charge is -2.21. The zero-order valence-corrected chi connectivity index (χ0v) is 9.41. The van der Waals surface area contributed by atoms with Crippen LogP contribution in [0.2, 0.25) is 0 Å². The average Bonchev–Trinajstić information content (AvgIpc) is 2.29. The number of carbonyl (C=O) groups is 2. The summed E-state index contributed by atoms with van der Waals surface area (Å²) in [5.74, 6) is -0.848. The standard InChI is InChI=1S/C13H14FNO2/c14-12-7-9(3-6-11(12)13(15)17)8-1-4-10(16)5-2-8/h3,6-8H,1-2,4-5H2,(H2,15,17). The van der Waals surface area contributed by atoms with Gasteiger partial charge in [-0.25, -0.2) is 4.39 Å². The molecule has 1 aromatic rings. The molecule has 2 rings (SSSR count). The molecule has 0 aromatic heterocycles. The SMILES string of the molecule is NC(=O)c1ccc(C2CCC(=O)CC2)cc1F. The molecule has 0 heterocycles. The molecule has 1 amide bonds. The number of hydrogen-bond acceptors (Lipinski definition) is 2. The third kappa shape index (κ3) is 2.52. The van der Waals surface area contributed by atoms with Crippen LogP contribution >= 0.6 is 0 Å². The number of ketones is 1. The van der Waals surface area contributed by atoms with Crippen molar-refractivity contribution in [2.45, 2.75) is 31.6 Å². The largest absolute Gasteiger partial charge is 0.366 e. The summed E-state index contributed by atoms with van der Waals surface area (Å²) in [5.41, 5.74) is 5.80. The summed E-state index contributed by atoms with van der Waals surface area (Å²) in [7, 11) is 0. The molecule has 1 aliphatic rings. The summed E-state index contributed by atoms with van der Waals surface area (Å²) < 4.78 is 13.6. The van der Waals surface area contributed by atoms with E-state index in [1.54, 1.807) is 6.07 Å². The normalized spacial score (nSPS) is 17.1. The van der Waals surface area contributed by atoms with Crippen LogP contribution in [0.5, 0.6) is 0 Å². The second kappa shape index (κ2) is 4.65. The predicted octanol–water partition coefficient (Wildman–Crippen LogP) is 2.15. The van der Waals surface area contributed by atoms with Crippen LogP contribution in [0.25, 0.3) is 0 Å². The van der Waals surface area contributed by atoms with E-state index in [0.29, 0.717) is 12.8 Å². The van der Waals surface area contributed by atoms with Crippen molar-refractivity contribution in [1.82, 2.24) is 0 Å². The molecule has 1 aromatic carbocycles. The van der Waals surface area contributed by atoms with Crippen molar-refractivity contribution in [3.05, 3.63) is 35.1 Å². The van der Waals surface area contributed by atoms with Gasteiger partial charge in [-0.05, 0) is 36.5 Å². The number of nitrogens with two attached hydrogens (primary N) is 1. The van der Waals surface area contributed by atoms with Gasteiger partial charge in [-0.15, -0.1) is 0 Å². The van der Waals surface area contributed by atoms with Crippen molar-refractivity contribution >= 4 is 11.7 Å². The zero-order valence-electron chi connectivity index (χ0n) is 9.41. The van der Waals surface area contributed by atoms with Crippen LogP contribution in [0.4, 0.5) is 4.39 Å². The highest BCUT2D eigenvalue weighted by molar-refractivity contribution is 5.93. The Bertz CT molecular complexity index is 460. The molecule has 0 radical (unpaired) electrons. The lowest BCUT2D eigenvalue weighted by Crippen LogP contribution is -2.15. The first-order valence-electron chi connectivity index (χ1n) is 5.69. The highest BCUT2D eigenvalue weighted by Gasteiger charge is 2.21. The van der Waals surface area contributed by atoms with E-state index in [-0.39, 0.29) is 17.3 Å². The minimum Gasteiger partial charge on any atom is -0.366 e. The molecule has 1 aliphatic carbocycles. The van der Waals surface area contributed by atoms with Crippen molar-refractivity contribution in [2.75, 3.05) is 0 Å². The molecule has 90 valence electrons. The van der Waals surface area contributed by atoms with Crippen LogP contribution in [0, 0.1) is 5.82 Å². The maximum atomic E-state index is 13.6. The summed E-state index contributed by atoms with van der Waals surface area (Å²) in [6.45, 7) is 0. The first-order chi connectivity index (χ1) is 8.08. The fourth-order valence-electron chi connectivity index (χ4n) is 2.26. The highest BCUT2D eigenvalue weighted by atomic mass is 19.1. The first-order valence-corrected chi connectivity index (χ1v) is 5.69. The monoisotopic (exact) mass is 235 g/mol. The van der Waals surface area contributed by atoms with Gasteiger partial charge < -0.3 is 5.73 Å². The highest BCUT2D eigenvalue weighted by Crippen LogP contribution is 2.31. The Morgan fingerprint density at radius 3 is 2.47 bits per heavy atom. The molecular formula is C13H14FNO2. The second-order valence-corrected chi connectivity index (χ2v) is 4.42. The molecule has 0 bridgehead atoms. The van der Waals surface area contributed by atoms with E-state index in [9.17, 15) is 14.0 Å². The Hall–Kier alpha value is -1.71. The van der Waals surface area contributed by atoms with E-state index in [2.05, 4.69) is 0 Å². The van der Waals surface area contributed by atoms with E-state index in [1.165, 1.54) is 12.1 Å². The summed E-state index contributed by atoms with van der Waals surface area (Å²) in [6, 6.07) is 4.51. The minimum atomic E-state index is -0.757. The van der Waals surface area contributed by atoms with Crippen molar-refractivity contribution < 1.29 is 14.0 Å². The first kappa shape index (κ1) is 11.8. The van der Waals surface area contributed by atoms with Gasteiger partial charge in [0, 0.05) is 12.8 Å². The lowest BCUT2D eigenvalue weighted by molar-refractivity contribution is -0.120. The maximum absolute atomic E-state index is 13.6. The third-order valence-electron chi connectivity index (χ3n) is 3.27. The fourth-order valence-corrected chi connectivity index (χ4v) is 2.26. The molecule has 0 saturated heterocycles. The second-order valence-electron chi connectivity index (χ2n) is 4.42. The Kier molecular flexibility index (Phi) is 3.22. The predicted molar refractivity (Wildman–Crippen MR) is 61.1 cm³/mol. The van der Waals surface area contributed by atoms with Gasteiger partial charge >= 0.3 is 0 Å². The van der Waals surface area contributed by atoms with Gasteiger partial charge in [0.05, 0.1) is 5.56 Å². The van der Waals surface area contributed by atoms with Gasteiger partial charge in [-0.1, -0.05) is 6.07 Å². The number of halogens is 1. The van der Waals surface area contributed by atoms with Crippen LogP contribution in [0.15, 0.2) is 18.2 Å². The summed E-state index contributed by atoms with van der Waals surface area (Å²) in [5, 5.41) is 0. The summed E-state index contributed by atoms with van der Waals surface area (Å²) in [4.78, 5) is 22.0. The van der Waals surface area contributed by atoms with E-state index < -0.39 is 11.7 Å². The molecule has 0 spiro atoms. The number of primary amides is 1. The number of amides is 1. The van der Waals surface area contributed by atoms with E-state index in [1.807, 2.05) is 0 Å². The van der Waals surface area contributed by atoms with Gasteiger partial charge in [0.25, 0.3) is 5.91 Å². The van der Waals surface area contributed by atoms with Gasteiger partial charge in [0.2, 0.25) is 0 Å². The van der Waals surface area contributed by atoms with Crippen LogP contribution in [0.3, 0.4) is 0 Å². The van der Waals surface area contributed by atoms with Gasteiger partial charge in [0.15, 0.2) is 0 Å². The molecule has 0 atom stereocenters. The van der Waals surface area contributed by atoms with Gasteiger partial charge in [0.1, 0.15) is 11.6 Å². The Balaban J connectivity index is 2.20. The molecular weight excluding hydrogens is 221 g/mol. The average molecular weight is 235 g/mol. The molecule has 4 heteroatoms. The quantitative estimate of drug-likeness (QED) is 0.853. The van der Waals surface area contributed by atoms with Crippen molar-refractivity contribution in [1.29, 1.82) is 0 Å². The number of benzene rings is 1. The molecule has 1 fully saturated rings. The zero-order chi connectivity index (χ0) is 12.4. The molecule has 0 unspecified atom stereocenters. The van der Waals surface area contributed by atoms with Gasteiger partial charge in [-0.2, -0.15) is 0 Å². The maximum Gasteiger partial charge on any atom is 0.251 e. The van der Waals surface area contributed by atoms with Crippen LogP contribution in [-0.2, 0) is 4.79 Å². The summed E-state index contributed by atoms with van der Waals surface area (Å²) in [6.07, 6.45) is 2.64. The van der Waals surface area contributed by atoms with Crippen LogP contribution in [-0.4, -0.2) is 11.7 Å². The smallest absolute Gasteiger partial charge is 0.251 e. The van der Waals surface area contributed by atoms with E-state index in [0.717, 1.165) is 18.4 Å². The van der Waals surface area contributed by atoms with Crippen LogP contribution in [0.1, 0.15) is 47.5 Å². The number of hydrogen-bond donors (Lipinski definition) is 1. The van der Waals surface area contributed by atoms with Gasteiger partial charge in [-0.3, -0.25) is 9.59 Å². The molecule has 2 N–H and O–H groups in total. The minimum absolute atomic E-state index is 0.0827. The lowest BCUT2D eigenvalue weighted by atomic mass is 9.83.